The number of phenolic OH excluding ortho intramolecular Hbond substituents is 1. The molecule has 0 saturated carbocycles. The molecule has 1 aromatic carbocycles. The van der Waals surface area contributed by atoms with E-state index in [2.05, 4.69) is 0 Å². The number of nitrogens with two attached hydrogens (primary N) is 1. The van der Waals surface area contributed by atoms with Crippen LogP contribution < -0.4 is 5.73 Å². The number of hydrogen-bond donors (Lipinski definition) is 2. The molecule has 1 atom stereocenters. The van der Waals surface area contributed by atoms with Crippen LogP contribution >= 0.6 is 0 Å². The van der Waals surface area contributed by atoms with Crippen LogP contribution in [0.3, 0.4) is 0 Å². The number of phenols is 1. The van der Waals surface area contributed by atoms with E-state index in [0.717, 1.165) is 23.1 Å². The van der Waals surface area contributed by atoms with Crippen LogP contribution in [0.25, 0.3) is 0 Å². The zero-order valence-electron chi connectivity index (χ0n) is 8.46. The predicted molar refractivity (Wildman–Crippen MR) is 54.8 cm³/mol. The van der Waals surface area contributed by atoms with Crippen molar-refractivity contribution >= 4 is 0 Å². The van der Waals surface area contributed by atoms with E-state index in [1.54, 1.807) is 0 Å². The number of rotatable bonds is 2. The molecule has 0 heterocycles. The molecule has 0 radical (unpaired) electrons. The van der Waals surface area contributed by atoms with Crippen LogP contribution in [0.5, 0.6) is 5.75 Å². The van der Waals surface area contributed by atoms with Gasteiger partial charge >= 0.3 is 0 Å². The molecule has 1 unspecified atom stereocenters. The van der Waals surface area contributed by atoms with Gasteiger partial charge in [0.25, 0.3) is 0 Å². The molecule has 0 saturated heterocycles. The molecule has 2 heteroatoms. The standard InChI is InChI=1S/C11H17NO/c1-4-10(12)9-6-7(2)5-8(3)11(9)13/h5-6,10,13H,4,12H2,1-3H3. The van der Waals surface area contributed by atoms with E-state index in [4.69, 9.17) is 5.73 Å². The first kappa shape index (κ1) is 10.1. The summed E-state index contributed by atoms with van der Waals surface area (Å²) >= 11 is 0. The van der Waals surface area contributed by atoms with E-state index in [1.165, 1.54) is 0 Å². The van der Waals surface area contributed by atoms with Gasteiger partial charge in [-0.15, -0.1) is 0 Å². The SMILES string of the molecule is CCC(N)c1cc(C)cc(C)c1O. The van der Waals surface area contributed by atoms with Gasteiger partial charge in [0.2, 0.25) is 0 Å². The minimum atomic E-state index is -0.0569. The molecule has 0 aliphatic carbocycles. The highest BCUT2D eigenvalue weighted by Gasteiger charge is 2.11. The summed E-state index contributed by atoms with van der Waals surface area (Å²) in [6.45, 7) is 5.92. The number of benzene rings is 1. The molecule has 3 N–H and O–H groups in total. The Morgan fingerprint density at radius 2 is 2.00 bits per heavy atom. The molecule has 2 nitrogen and oxygen atoms in total. The van der Waals surface area contributed by atoms with E-state index in [1.807, 2.05) is 32.9 Å². The first-order chi connectivity index (χ1) is 6.06. The summed E-state index contributed by atoms with van der Waals surface area (Å²) in [5, 5.41) is 9.74. The van der Waals surface area contributed by atoms with E-state index < -0.39 is 0 Å². The molecule has 72 valence electrons. The van der Waals surface area contributed by atoms with Gasteiger partial charge in [0, 0.05) is 11.6 Å². The van der Waals surface area contributed by atoms with Crippen LogP contribution in [0, 0.1) is 13.8 Å². The lowest BCUT2D eigenvalue weighted by atomic mass is 9.99. The summed E-state index contributed by atoms with van der Waals surface area (Å²) in [4.78, 5) is 0. The van der Waals surface area contributed by atoms with E-state index in [0.29, 0.717) is 5.75 Å². The molecule has 0 amide bonds. The highest BCUT2D eigenvalue weighted by Crippen LogP contribution is 2.29. The van der Waals surface area contributed by atoms with E-state index >= 15 is 0 Å². The second kappa shape index (κ2) is 3.79. The van der Waals surface area contributed by atoms with Gasteiger partial charge in [0.15, 0.2) is 0 Å². The number of aryl methyl sites for hydroxylation is 2. The fraction of sp³-hybridized carbons (Fsp3) is 0.455. The third kappa shape index (κ3) is 2.01. The summed E-state index contributed by atoms with van der Waals surface area (Å²) in [7, 11) is 0. The molecule has 0 aromatic heterocycles. The maximum absolute atomic E-state index is 9.74. The average Bonchev–Trinajstić information content (AvgIpc) is 2.10. The van der Waals surface area contributed by atoms with Crippen molar-refractivity contribution < 1.29 is 5.11 Å². The number of hydrogen-bond acceptors (Lipinski definition) is 2. The summed E-state index contributed by atoms with van der Waals surface area (Å²) in [5.74, 6) is 0.347. The fourth-order valence-electron chi connectivity index (χ4n) is 1.50. The Bertz CT molecular complexity index is 307. The lowest BCUT2D eigenvalue weighted by Gasteiger charge is -2.14. The second-order valence-corrected chi connectivity index (χ2v) is 3.53. The average molecular weight is 179 g/mol. The quantitative estimate of drug-likeness (QED) is 0.732. The predicted octanol–water partition coefficient (Wildman–Crippen LogP) is 2.42. The Balaban J connectivity index is 3.20. The fourth-order valence-corrected chi connectivity index (χ4v) is 1.50. The van der Waals surface area contributed by atoms with Crippen LogP contribution in [0.4, 0.5) is 0 Å². The van der Waals surface area contributed by atoms with Crippen LogP contribution in [0.1, 0.15) is 36.1 Å². The summed E-state index contributed by atoms with van der Waals surface area (Å²) in [6, 6.07) is 3.86. The third-order valence-electron chi connectivity index (χ3n) is 2.31. The maximum Gasteiger partial charge on any atom is 0.123 e. The lowest BCUT2D eigenvalue weighted by Crippen LogP contribution is -2.09. The zero-order chi connectivity index (χ0) is 10.0. The van der Waals surface area contributed by atoms with E-state index in [9.17, 15) is 5.11 Å². The van der Waals surface area contributed by atoms with Crippen molar-refractivity contribution in [3.8, 4) is 5.75 Å². The highest BCUT2D eigenvalue weighted by molar-refractivity contribution is 5.44. The monoisotopic (exact) mass is 179 g/mol. The summed E-state index contributed by atoms with van der Waals surface area (Å²) in [6.07, 6.45) is 0.844. The van der Waals surface area contributed by atoms with Crippen LogP contribution in [-0.4, -0.2) is 5.11 Å². The Labute approximate surface area is 79.4 Å². The smallest absolute Gasteiger partial charge is 0.123 e. The Kier molecular flexibility index (Phi) is 2.94. The highest BCUT2D eigenvalue weighted by atomic mass is 16.3. The molecule has 0 aliphatic heterocycles. The normalized spacial score (nSPS) is 12.9. The van der Waals surface area contributed by atoms with Crippen LogP contribution in [0.2, 0.25) is 0 Å². The molecular weight excluding hydrogens is 162 g/mol. The minimum absolute atomic E-state index is 0.0569. The maximum atomic E-state index is 9.74. The van der Waals surface area contributed by atoms with Gasteiger partial charge in [0.1, 0.15) is 5.75 Å². The summed E-state index contributed by atoms with van der Waals surface area (Å²) in [5.41, 5.74) is 8.78. The Morgan fingerprint density at radius 1 is 1.38 bits per heavy atom. The van der Waals surface area contributed by atoms with Crippen molar-refractivity contribution in [2.45, 2.75) is 33.2 Å². The van der Waals surface area contributed by atoms with Gasteiger partial charge in [-0.2, -0.15) is 0 Å². The second-order valence-electron chi connectivity index (χ2n) is 3.53. The first-order valence-electron chi connectivity index (χ1n) is 4.62. The van der Waals surface area contributed by atoms with Crippen molar-refractivity contribution in [2.75, 3.05) is 0 Å². The molecule has 1 rings (SSSR count). The van der Waals surface area contributed by atoms with Crippen LogP contribution in [0.15, 0.2) is 12.1 Å². The van der Waals surface area contributed by atoms with Gasteiger partial charge in [-0.1, -0.05) is 24.6 Å². The van der Waals surface area contributed by atoms with Gasteiger partial charge in [-0.3, -0.25) is 0 Å². The van der Waals surface area contributed by atoms with Crippen LogP contribution in [-0.2, 0) is 0 Å². The van der Waals surface area contributed by atoms with Gasteiger partial charge in [0.05, 0.1) is 0 Å². The topological polar surface area (TPSA) is 46.2 Å². The van der Waals surface area contributed by atoms with Crippen molar-refractivity contribution in [3.05, 3.63) is 28.8 Å². The molecule has 1 aromatic rings. The Morgan fingerprint density at radius 3 is 2.54 bits per heavy atom. The van der Waals surface area contributed by atoms with Gasteiger partial charge in [-0.25, -0.2) is 0 Å². The third-order valence-corrected chi connectivity index (χ3v) is 2.31. The van der Waals surface area contributed by atoms with E-state index in [-0.39, 0.29) is 6.04 Å². The lowest BCUT2D eigenvalue weighted by molar-refractivity contribution is 0.456. The molecule has 0 aliphatic rings. The zero-order valence-corrected chi connectivity index (χ0v) is 8.46. The number of aromatic hydroxyl groups is 1. The van der Waals surface area contributed by atoms with Crippen molar-refractivity contribution in [1.29, 1.82) is 0 Å². The van der Waals surface area contributed by atoms with Crippen molar-refractivity contribution in [2.24, 2.45) is 5.73 Å². The molecule has 13 heavy (non-hydrogen) atoms. The molecule has 0 spiro atoms. The molecule has 0 bridgehead atoms. The van der Waals surface area contributed by atoms with Gasteiger partial charge < -0.3 is 10.8 Å². The Hall–Kier alpha value is -1.02. The first-order valence-corrected chi connectivity index (χ1v) is 4.62. The van der Waals surface area contributed by atoms with Gasteiger partial charge in [-0.05, 0) is 25.8 Å². The molecular formula is C11H17NO. The largest absolute Gasteiger partial charge is 0.507 e. The molecule has 0 fully saturated rings. The minimum Gasteiger partial charge on any atom is -0.507 e. The summed E-state index contributed by atoms with van der Waals surface area (Å²) < 4.78 is 0. The van der Waals surface area contributed by atoms with Crippen molar-refractivity contribution in [1.82, 2.24) is 0 Å². The van der Waals surface area contributed by atoms with Crippen molar-refractivity contribution in [3.63, 3.8) is 0 Å².